The molecule has 0 unspecified atom stereocenters. The first-order valence-electron chi connectivity index (χ1n) is 6.48. The van der Waals surface area contributed by atoms with Gasteiger partial charge in [-0.2, -0.15) is 0 Å². The van der Waals surface area contributed by atoms with Crippen molar-refractivity contribution in [3.63, 3.8) is 0 Å². The molecule has 0 heterocycles. The van der Waals surface area contributed by atoms with Crippen LogP contribution in [0.15, 0.2) is 18.2 Å². The second-order valence-corrected chi connectivity index (χ2v) is 4.27. The van der Waals surface area contributed by atoms with Crippen LogP contribution < -0.4 is 9.47 Å². The molecule has 3 nitrogen and oxygen atoms in total. The van der Waals surface area contributed by atoms with Crippen LogP contribution in [0, 0.1) is 0 Å². The van der Waals surface area contributed by atoms with Gasteiger partial charge in [-0.05, 0) is 18.6 Å². The van der Waals surface area contributed by atoms with Crippen LogP contribution in [-0.2, 0) is 0 Å². The molecule has 0 fully saturated rings. The number of methoxy groups -OCH3 is 2. The predicted octanol–water partition coefficient (Wildman–Crippen LogP) is 3.86. The molecule has 3 heteroatoms. The van der Waals surface area contributed by atoms with E-state index in [4.69, 9.17) is 9.47 Å². The third-order valence-corrected chi connectivity index (χ3v) is 2.96. The van der Waals surface area contributed by atoms with Gasteiger partial charge in [0, 0.05) is 6.42 Å². The van der Waals surface area contributed by atoms with Crippen molar-refractivity contribution in [1.29, 1.82) is 0 Å². The van der Waals surface area contributed by atoms with E-state index in [1.165, 1.54) is 12.8 Å². The van der Waals surface area contributed by atoms with E-state index in [1.807, 2.05) is 6.07 Å². The van der Waals surface area contributed by atoms with Crippen molar-refractivity contribution < 1.29 is 14.3 Å². The fraction of sp³-hybridized carbons (Fsp3) is 0.533. The fourth-order valence-corrected chi connectivity index (χ4v) is 1.96. The molecule has 1 aromatic rings. The molecule has 18 heavy (non-hydrogen) atoms. The normalized spacial score (nSPS) is 10.2. The molecule has 0 atom stereocenters. The topological polar surface area (TPSA) is 35.5 Å². The smallest absolute Gasteiger partial charge is 0.170 e. The maximum absolute atomic E-state index is 12.2. The average molecular weight is 250 g/mol. The first-order valence-corrected chi connectivity index (χ1v) is 6.48. The van der Waals surface area contributed by atoms with Crippen LogP contribution in [0.25, 0.3) is 0 Å². The van der Waals surface area contributed by atoms with Gasteiger partial charge in [-0.3, -0.25) is 4.79 Å². The standard InChI is InChI=1S/C15H22O3/c1-4-5-6-7-9-12(16)15-13(17-2)10-8-11-14(15)18-3/h8,10-11H,4-7,9H2,1-3H3. The number of benzene rings is 1. The molecule has 0 spiro atoms. The molecule has 0 aliphatic rings. The lowest BCUT2D eigenvalue weighted by molar-refractivity contribution is 0.0973. The van der Waals surface area contributed by atoms with E-state index in [-0.39, 0.29) is 5.78 Å². The molecule has 0 radical (unpaired) electrons. The van der Waals surface area contributed by atoms with Crippen LogP contribution in [0.1, 0.15) is 49.4 Å². The molecule has 0 aromatic heterocycles. The largest absolute Gasteiger partial charge is 0.496 e. The van der Waals surface area contributed by atoms with Crippen molar-refractivity contribution in [3.05, 3.63) is 23.8 Å². The number of carbonyl (C=O) groups is 1. The highest BCUT2D eigenvalue weighted by atomic mass is 16.5. The summed E-state index contributed by atoms with van der Waals surface area (Å²) in [6.45, 7) is 2.16. The Hall–Kier alpha value is -1.51. The van der Waals surface area contributed by atoms with Gasteiger partial charge >= 0.3 is 0 Å². The van der Waals surface area contributed by atoms with Crippen LogP contribution in [-0.4, -0.2) is 20.0 Å². The molecule has 1 rings (SSSR count). The number of unbranched alkanes of at least 4 members (excludes halogenated alkanes) is 3. The van der Waals surface area contributed by atoms with Crippen molar-refractivity contribution in [1.82, 2.24) is 0 Å². The molecule has 1 aromatic carbocycles. The summed E-state index contributed by atoms with van der Waals surface area (Å²) in [6.07, 6.45) is 4.92. The number of carbonyl (C=O) groups excluding carboxylic acids is 1. The van der Waals surface area contributed by atoms with Crippen molar-refractivity contribution in [3.8, 4) is 11.5 Å². The molecule has 0 aliphatic carbocycles. The second-order valence-electron chi connectivity index (χ2n) is 4.27. The Kier molecular flexibility index (Phi) is 6.26. The minimum absolute atomic E-state index is 0.0976. The number of Topliss-reactive ketones (excluding diaryl/α,β-unsaturated/α-hetero) is 1. The molecular formula is C15H22O3. The quantitative estimate of drug-likeness (QED) is 0.519. The molecular weight excluding hydrogens is 228 g/mol. The van der Waals surface area contributed by atoms with Crippen LogP contribution >= 0.6 is 0 Å². The van der Waals surface area contributed by atoms with Gasteiger partial charge < -0.3 is 9.47 Å². The summed E-state index contributed by atoms with van der Waals surface area (Å²) < 4.78 is 10.5. The monoisotopic (exact) mass is 250 g/mol. The third-order valence-electron chi connectivity index (χ3n) is 2.96. The Morgan fingerprint density at radius 3 is 2.17 bits per heavy atom. The SMILES string of the molecule is CCCCCCC(=O)c1c(OC)cccc1OC. The number of rotatable bonds is 8. The summed E-state index contributed by atoms with van der Waals surface area (Å²) in [7, 11) is 3.14. The maximum Gasteiger partial charge on any atom is 0.170 e. The molecule has 0 amide bonds. The lowest BCUT2D eigenvalue weighted by atomic mass is 10.0. The Morgan fingerprint density at radius 2 is 1.67 bits per heavy atom. The molecule has 0 saturated carbocycles. The number of ether oxygens (including phenoxy) is 2. The van der Waals surface area contributed by atoms with Gasteiger partial charge in [-0.15, -0.1) is 0 Å². The second kappa shape index (κ2) is 7.75. The third kappa shape index (κ3) is 3.76. The highest BCUT2D eigenvalue weighted by Crippen LogP contribution is 2.29. The lowest BCUT2D eigenvalue weighted by Crippen LogP contribution is -2.05. The first kappa shape index (κ1) is 14.6. The minimum atomic E-state index is 0.0976. The van der Waals surface area contributed by atoms with Crippen LogP contribution in [0.4, 0.5) is 0 Å². The number of ketones is 1. The average Bonchev–Trinajstić information content (AvgIpc) is 2.42. The Balaban J connectivity index is 2.76. The van der Waals surface area contributed by atoms with Crippen LogP contribution in [0.2, 0.25) is 0 Å². The highest BCUT2D eigenvalue weighted by Gasteiger charge is 2.17. The Labute approximate surface area is 109 Å². The van der Waals surface area contributed by atoms with Crippen molar-refractivity contribution in [2.45, 2.75) is 39.0 Å². The molecule has 100 valence electrons. The van der Waals surface area contributed by atoms with Gasteiger partial charge in [-0.25, -0.2) is 0 Å². The van der Waals surface area contributed by atoms with E-state index >= 15 is 0 Å². The fourth-order valence-electron chi connectivity index (χ4n) is 1.96. The number of hydrogen-bond acceptors (Lipinski definition) is 3. The van der Waals surface area contributed by atoms with Gasteiger partial charge in [0.2, 0.25) is 0 Å². The minimum Gasteiger partial charge on any atom is -0.496 e. The van der Waals surface area contributed by atoms with Crippen LogP contribution in [0.5, 0.6) is 11.5 Å². The molecule has 0 saturated heterocycles. The van der Waals surface area contributed by atoms with Gasteiger partial charge in [0.25, 0.3) is 0 Å². The van der Waals surface area contributed by atoms with Gasteiger partial charge in [0.1, 0.15) is 17.1 Å². The highest BCUT2D eigenvalue weighted by molar-refractivity contribution is 6.01. The molecule has 0 bridgehead atoms. The summed E-state index contributed by atoms with van der Waals surface area (Å²) in [5.74, 6) is 1.28. The zero-order chi connectivity index (χ0) is 13.4. The van der Waals surface area contributed by atoms with E-state index in [2.05, 4.69) is 6.92 Å². The molecule has 0 N–H and O–H groups in total. The first-order chi connectivity index (χ1) is 8.74. The van der Waals surface area contributed by atoms with Crippen molar-refractivity contribution in [2.75, 3.05) is 14.2 Å². The van der Waals surface area contributed by atoms with Gasteiger partial charge in [-0.1, -0.05) is 32.3 Å². The zero-order valence-corrected chi connectivity index (χ0v) is 11.5. The maximum atomic E-state index is 12.2. The Bertz CT molecular complexity index is 363. The van der Waals surface area contributed by atoms with Crippen molar-refractivity contribution in [2.24, 2.45) is 0 Å². The Morgan fingerprint density at radius 1 is 1.06 bits per heavy atom. The van der Waals surface area contributed by atoms with Gasteiger partial charge in [0.05, 0.1) is 14.2 Å². The molecule has 0 aliphatic heterocycles. The van der Waals surface area contributed by atoms with E-state index in [0.717, 1.165) is 12.8 Å². The summed E-state index contributed by atoms with van der Waals surface area (Å²) in [6, 6.07) is 5.41. The summed E-state index contributed by atoms with van der Waals surface area (Å²) >= 11 is 0. The van der Waals surface area contributed by atoms with E-state index in [0.29, 0.717) is 23.5 Å². The van der Waals surface area contributed by atoms with Crippen LogP contribution in [0.3, 0.4) is 0 Å². The lowest BCUT2D eigenvalue weighted by Gasteiger charge is -2.11. The van der Waals surface area contributed by atoms with E-state index < -0.39 is 0 Å². The van der Waals surface area contributed by atoms with Crippen molar-refractivity contribution >= 4 is 5.78 Å². The van der Waals surface area contributed by atoms with E-state index in [1.54, 1.807) is 26.4 Å². The zero-order valence-electron chi connectivity index (χ0n) is 11.5. The van der Waals surface area contributed by atoms with E-state index in [9.17, 15) is 4.79 Å². The summed E-state index contributed by atoms with van der Waals surface area (Å²) in [5, 5.41) is 0. The number of hydrogen-bond donors (Lipinski definition) is 0. The van der Waals surface area contributed by atoms with Gasteiger partial charge in [0.15, 0.2) is 5.78 Å². The summed E-state index contributed by atoms with van der Waals surface area (Å²) in [5.41, 5.74) is 0.569. The predicted molar refractivity (Wildman–Crippen MR) is 72.6 cm³/mol. The summed E-state index contributed by atoms with van der Waals surface area (Å²) in [4.78, 5) is 12.2.